The van der Waals surface area contributed by atoms with Crippen LogP contribution in [0, 0.1) is 11.8 Å². The van der Waals surface area contributed by atoms with Crippen LogP contribution in [0.3, 0.4) is 0 Å². The Hall–Kier alpha value is 0.520. The summed E-state index contributed by atoms with van der Waals surface area (Å²) in [6.07, 6.45) is 12.3. The maximum Gasteiger partial charge on any atom is 0.181 e. The van der Waals surface area contributed by atoms with E-state index in [-0.39, 0.29) is 10.3 Å². The summed E-state index contributed by atoms with van der Waals surface area (Å²) in [5, 5.41) is 0.164. The molecule has 4 fully saturated rings. The molecule has 0 amide bonds. The lowest BCUT2D eigenvalue weighted by atomic mass is 9.99. The number of halogens is 1. The number of fused-ring (bicyclic) bond motifs is 4. The standard InChI is InChI=1S/C14H22ClOP/c15-17(16,13-5-1-11(9-13)2-6-13)14-7-3-12(10-14)4-8-14/h11-12H,1-10H2. The second kappa shape index (κ2) is 3.34. The Morgan fingerprint density at radius 2 is 1.18 bits per heavy atom. The normalized spacial score (nSPS) is 55.4. The molecule has 17 heavy (non-hydrogen) atoms. The molecule has 4 aliphatic rings. The highest BCUT2D eigenvalue weighted by Gasteiger charge is 2.66. The van der Waals surface area contributed by atoms with Crippen molar-refractivity contribution >= 4 is 17.7 Å². The molecular formula is C14H22ClOP. The SMILES string of the molecule is O=P(Cl)(C12CCC(CC1)C2)C12CCC(CC1)C2. The van der Waals surface area contributed by atoms with Gasteiger partial charge in [0.05, 0.1) is 0 Å². The molecule has 3 heteroatoms. The zero-order valence-corrected chi connectivity index (χ0v) is 12.1. The average molecular weight is 273 g/mol. The van der Waals surface area contributed by atoms with Crippen molar-refractivity contribution in [3.05, 3.63) is 0 Å². The smallest absolute Gasteiger partial charge is 0.181 e. The second-order valence-corrected chi connectivity index (χ2v) is 11.7. The molecule has 4 saturated carbocycles. The van der Waals surface area contributed by atoms with E-state index < -0.39 is 6.49 Å². The van der Waals surface area contributed by atoms with Crippen molar-refractivity contribution in [1.82, 2.24) is 0 Å². The third kappa shape index (κ3) is 1.26. The van der Waals surface area contributed by atoms with E-state index in [1.165, 1.54) is 64.2 Å². The molecular weight excluding hydrogens is 251 g/mol. The number of hydrogen-bond donors (Lipinski definition) is 0. The minimum Gasteiger partial charge on any atom is -0.305 e. The molecule has 0 aromatic rings. The molecule has 1 nitrogen and oxygen atoms in total. The summed E-state index contributed by atoms with van der Waals surface area (Å²) in [6.45, 7) is -2.49. The van der Waals surface area contributed by atoms with E-state index in [9.17, 15) is 4.57 Å². The molecule has 0 N–H and O–H groups in total. The van der Waals surface area contributed by atoms with Gasteiger partial charge in [0.1, 0.15) is 0 Å². The van der Waals surface area contributed by atoms with Crippen LogP contribution >= 0.6 is 17.7 Å². The van der Waals surface area contributed by atoms with E-state index in [1.54, 1.807) is 0 Å². The molecule has 4 rings (SSSR count). The van der Waals surface area contributed by atoms with Gasteiger partial charge in [0.15, 0.2) is 6.49 Å². The summed E-state index contributed by atoms with van der Waals surface area (Å²) in [4.78, 5) is 0. The molecule has 0 unspecified atom stereocenters. The fourth-order valence-electron chi connectivity index (χ4n) is 5.63. The lowest BCUT2D eigenvalue weighted by Crippen LogP contribution is -2.33. The van der Waals surface area contributed by atoms with Gasteiger partial charge in [-0.1, -0.05) is 11.2 Å². The zero-order valence-electron chi connectivity index (χ0n) is 10.5. The largest absolute Gasteiger partial charge is 0.305 e. The molecule has 96 valence electrons. The van der Waals surface area contributed by atoms with Crippen molar-refractivity contribution < 1.29 is 4.57 Å². The van der Waals surface area contributed by atoms with Gasteiger partial charge < -0.3 is 4.57 Å². The Kier molecular flexibility index (Phi) is 2.23. The fraction of sp³-hybridized carbons (Fsp3) is 1.00. The highest BCUT2D eigenvalue weighted by Crippen LogP contribution is 2.84. The average Bonchev–Trinajstić information content (AvgIpc) is 3.09. The minimum atomic E-state index is -2.49. The van der Waals surface area contributed by atoms with Gasteiger partial charge in [-0.15, -0.1) is 0 Å². The summed E-state index contributed by atoms with van der Waals surface area (Å²) in [7, 11) is 0. The first-order chi connectivity index (χ1) is 8.07. The number of rotatable bonds is 2. The van der Waals surface area contributed by atoms with E-state index in [0.29, 0.717) is 0 Å². The molecule has 4 aliphatic carbocycles. The highest BCUT2D eigenvalue weighted by molar-refractivity contribution is 7.91. The first kappa shape index (κ1) is 11.4. The van der Waals surface area contributed by atoms with E-state index in [1.807, 2.05) is 0 Å². The van der Waals surface area contributed by atoms with Gasteiger partial charge in [0, 0.05) is 10.3 Å². The van der Waals surface area contributed by atoms with Crippen molar-refractivity contribution in [2.45, 2.75) is 74.5 Å². The molecule has 0 aromatic heterocycles. The van der Waals surface area contributed by atoms with Crippen LogP contribution in [0.4, 0.5) is 0 Å². The van der Waals surface area contributed by atoms with E-state index in [2.05, 4.69) is 0 Å². The van der Waals surface area contributed by atoms with Crippen LogP contribution in [0.1, 0.15) is 64.2 Å². The molecule has 0 saturated heterocycles. The Morgan fingerprint density at radius 1 is 0.824 bits per heavy atom. The monoisotopic (exact) mass is 272 g/mol. The van der Waals surface area contributed by atoms with E-state index in [0.717, 1.165) is 11.8 Å². The van der Waals surface area contributed by atoms with Gasteiger partial charge in [-0.3, -0.25) is 0 Å². The third-order valence-electron chi connectivity index (χ3n) is 6.63. The topological polar surface area (TPSA) is 17.1 Å². The van der Waals surface area contributed by atoms with Gasteiger partial charge in [-0.05, 0) is 76.0 Å². The first-order valence-electron chi connectivity index (χ1n) is 7.37. The van der Waals surface area contributed by atoms with Crippen LogP contribution in [0.2, 0.25) is 0 Å². The van der Waals surface area contributed by atoms with Gasteiger partial charge in [0.2, 0.25) is 0 Å². The Balaban J connectivity index is 1.74. The van der Waals surface area contributed by atoms with Gasteiger partial charge in [0.25, 0.3) is 0 Å². The summed E-state index contributed by atoms with van der Waals surface area (Å²) in [5.41, 5.74) is 0. The van der Waals surface area contributed by atoms with Crippen LogP contribution < -0.4 is 0 Å². The maximum atomic E-state index is 13.5. The van der Waals surface area contributed by atoms with Gasteiger partial charge in [-0.2, -0.15) is 0 Å². The Bertz CT molecular complexity index is 355. The Morgan fingerprint density at radius 3 is 1.41 bits per heavy atom. The molecule has 0 heterocycles. The third-order valence-corrected chi connectivity index (χ3v) is 12.5. The predicted octanol–water partition coefficient (Wildman–Crippen LogP) is 5.17. The van der Waals surface area contributed by atoms with Crippen molar-refractivity contribution in [3.8, 4) is 0 Å². The summed E-state index contributed by atoms with van der Waals surface area (Å²) in [5.74, 6) is 1.72. The molecule has 0 radical (unpaired) electrons. The Labute approximate surface area is 109 Å². The van der Waals surface area contributed by atoms with Crippen LogP contribution in [0.5, 0.6) is 0 Å². The van der Waals surface area contributed by atoms with Crippen LogP contribution in [-0.4, -0.2) is 10.3 Å². The molecule has 0 aliphatic heterocycles. The maximum absolute atomic E-state index is 13.5. The summed E-state index contributed by atoms with van der Waals surface area (Å²) >= 11 is 6.87. The zero-order chi connectivity index (χ0) is 11.7. The predicted molar refractivity (Wildman–Crippen MR) is 72.1 cm³/mol. The molecule has 4 bridgehead atoms. The highest BCUT2D eigenvalue weighted by atomic mass is 35.7. The van der Waals surface area contributed by atoms with Crippen LogP contribution in [0.15, 0.2) is 0 Å². The molecule has 0 aromatic carbocycles. The lowest BCUT2D eigenvalue weighted by Gasteiger charge is -2.42. The quantitative estimate of drug-likeness (QED) is 0.634. The minimum absolute atomic E-state index is 0.0818. The van der Waals surface area contributed by atoms with Gasteiger partial charge in [-0.25, -0.2) is 0 Å². The van der Waals surface area contributed by atoms with E-state index >= 15 is 0 Å². The van der Waals surface area contributed by atoms with Crippen molar-refractivity contribution in [2.24, 2.45) is 11.8 Å². The van der Waals surface area contributed by atoms with E-state index in [4.69, 9.17) is 11.2 Å². The van der Waals surface area contributed by atoms with Crippen molar-refractivity contribution in [2.75, 3.05) is 0 Å². The number of hydrogen-bond acceptors (Lipinski definition) is 1. The summed E-state index contributed by atoms with van der Waals surface area (Å²) < 4.78 is 13.5. The molecule has 0 spiro atoms. The van der Waals surface area contributed by atoms with Crippen molar-refractivity contribution in [1.29, 1.82) is 0 Å². The van der Waals surface area contributed by atoms with Crippen molar-refractivity contribution in [3.63, 3.8) is 0 Å². The van der Waals surface area contributed by atoms with Crippen LogP contribution in [0.25, 0.3) is 0 Å². The molecule has 0 atom stereocenters. The first-order valence-corrected chi connectivity index (χ1v) is 9.98. The fourth-order valence-corrected chi connectivity index (χ4v) is 10.7. The second-order valence-electron chi connectivity index (χ2n) is 7.28. The van der Waals surface area contributed by atoms with Crippen LogP contribution in [-0.2, 0) is 4.57 Å². The lowest BCUT2D eigenvalue weighted by molar-refractivity contribution is 0.441. The van der Waals surface area contributed by atoms with Gasteiger partial charge >= 0.3 is 0 Å². The summed E-state index contributed by atoms with van der Waals surface area (Å²) in [6, 6.07) is 0.